The summed E-state index contributed by atoms with van der Waals surface area (Å²) in [6.07, 6.45) is 3.51. The van der Waals surface area contributed by atoms with E-state index in [2.05, 4.69) is 12.2 Å². The Morgan fingerprint density at radius 2 is 1.90 bits per heavy atom. The molecule has 1 aromatic carbocycles. The smallest absolute Gasteiger partial charge is 0.303 e. The minimum Gasteiger partial charge on any atom is -0.507 e. The van der Waals surface area contributed by atoms with Crippen LogP contribution >= 0.6 is 0 Å². The van der Waals surface area contributed by atoms with Gasteiger partial charge in [0, 0.05) is 13.0 Å². The molecule has 21 heavy (non-hydrogen) atoms. The molecule has 0 aliphatic heterocycles. The second kappa shape index (κ2) is 9.00. The van der Waals surface area contributed by atoms with Crippen LogP contribution in [0.25, 0.3) is 0 Å². The number of carbonyl (C=O) groups is 2. The first-order chi connectivity index (χ1) is 10.0. The predicted octanol–water partition coefficient (Wildman–Crippen LogP) is 2.79. The Morgan fingerprint density at radius 1 is 1.19 bits per heavy atom. The highest BCUT2D eigenvalue weighted by molar-refractivity contribution is 5.96. The van der Waals surface area contributed by atoms with Crippen molar-refractivity contribution in [1.82, 2.24) is 5.32 Å². The van der Waals surface area contributed by atoms with Gasteiger partial charge >= 0.3 is 5.97 Å². The van der Waals surface area contributed by atoms with Crippen LogP contribution in [0, 0.1) is 5.92 Å². The molecule has 0 bridgehead atoms. The highest BCUT2D eigenvalue weighted by Crippen LogP contribution is 2.18. The van der Waals surface area contributed by atoms with E-state index in [-0.39, 0.29) is 23.6 Å². The molecule has 0 fully saturated rings. The first-order valence-electron chi connectivity index (χ1n) is 7.32. The zero-order valence-electron chi connectivity index (χ0n) is 12.3. The molecule has 0 spiro atoms. The molecule has 1 aromatic rings. The summed E-state index contributed by atoms with van der Waals surface area (Å²) < 4.78 is 0. The maximum Gasteiger partial charge on any atom is 0.303 e. The van der Waals surface area contributed by atoms with Gasteiger partial charge in [-0.2, -0.15) is 0 Å². The number of nitrogens with one attached hydrogen (secondary N) is 1. The normalized spacial score (nSPS) is 11.9. The Kier molecular flexibility index (Phi) is 7.29. The quantitative estimate of drug-likeness (QED) is 0.653. The minimum absolute atomic E-state index is 0.0361. The topological polar surface area (TPSA) is 86.6 Å². The van der Waals surface area contributed by atoms with Gasteiger partial charge in [0.05, 0.1) is 5.56 Å². The molecule has 5 nitrogen and oxygen atoms in total. The van der Waals surface area contributed by atoms with E-state index in [0.717, 1.165) is 19.3 Å². The highest BCUT2D eigenvalue weighted by atomic mass is 16.4. The van der Waals surface area contributed by atoms with Crippen LogP contribution in [0.4, 0.5) is 0 Å². The van der Waals surface area contributed by atoms with E-state index in [9.17, 15) is 14.7 Å². The lowest BCUT2D eigenvalue weighted by Crippen LogP contribution is -2.26. The molecule has 1 unspecified atom stereocenters. The Balaban J connectivity index is 2.41. The molecule has 0 aromatic heterocycles. The molecule has 116 valence electrons. The summed E-state index contributed by atoms with van der Waals surface area (Å²) in [5, 5.41) is 21.1. The first kappa shape index (κ1) is 17.0. The third-order valence-corrected chi connectivity index (χ3v) is 3.45. The average Bonchev–Trinajstić information content (AvgIpc) is 2.45. The molecule has 5 heteroatoms. The number of hydrogen-bond acceptors (Lipinski definition) is 3. The molecule has 3 N–H and O–H groups in total. The molecule has 0 aliphatic carbocycles. The van der Waals surface area contributed by atoms with Crippen LogP contribution < -0.4 is 5.32 Å². The third kappa shape index (κ3) is 6.29. The molecule has 0 heterocycles. The van der Waals surface area contributed by atoms with Gasteiger partial charge in [-0.1, -0.05) is 31.9 Å². The number of phenols is 1. The summed E-state index contributed by atoms with van der Waals surface area (Å²) >= 11 is 0. The molecular formula is C16H23NO4. The van der Waals surface area contributed by atoms with Gasteiger partial charge in [0.1, 0.15) is 5.75 Å². The van der Waals surface area contributed by atoms with Crippen LogP contribution in [0.1, 0.15) is 49.4 Å². The van der Waals surface area contributed by atoms with Crippen LogP contribution in [0.15, 0.2) is 24.3 Å². The molecule has 0 radical (unpaired) electrons. The fraction of sp³-hybridized carbons (Fsp3) is 0.500. The molecule has 1 rings (SSSR count). The molecule has 1 amide bonds. The van der Waals surface area contributed by atoms with Gasteiger partial charge in [-0.05, 0) is 30.9 Å². The van der Waals surface area contributed by atoms with Gasteiger partial charge in [-0.25, -0.2) is 0 Å². The number of carboxylic acid groups (broad SMARTS) is 1. The molecule has 0 saturated carbocycles. The van der Waals surface area contributed by atoms with Crippen LogP contribution in [-0.2, 0) is 4.79 Å². The zero-order valence-corrected chi connectivity index (χ0v) is 12.3. The molecule has 0 saturated heterocycles. The third-order valence-electron chi connectivity index (χ3n) is 3.45. The van der Waals surface area contributed by atoms with Crippen molar-refractivity contribution in [2.24, 2.45) is 5.92 Å². The van der Waals surface area contributed by atoms with E-state index in [0.29, 0.717) is 18.9 Å². The van der Waals surface area contributed by atoms with Crippen molar-refractivity contribution in [2.75, 3.05) is 6.54 Å². The summed E-state index contributed by atoms with van der Waals surface area (Å²) in [6, 6.07) is 6.40. The Bertz CT molecular complexity index is 473. The van der Waals surface area contributed by atoms with E-state index < -0.39 is 5.97 Å². The largest absolute Gasteiger partial charge is 0.507 e. The maximum absolute atomic E-state index is 11.9. The minimum atomic E-state index is -0.783. The van der Waals surface area contributed by atoms with E-state index in [1.807, 2.05) is 0 Å². The average molecular weight is 293 g/mol. The highest BCUT2D eigenvalue weighted by Gasteiger charge is 2.13. The lowest BCUT2D eigenvalue weighted by molar-refractivity contribution is -0.137. The van der Waals surface area contributed by atoms with Crippen molar-refractivity contribution in [3.63, 3.8) is 0 Å². The summed E-state index contributed by atoms with van der Waals surface area (Å²) in [5.41, 5.74) is 0.259. The van der Waals surface area contributed by atoms with Gasteiger partial charge in [0.2, 0.25) is 0 Å². The molecule has 0 aliphatic rings. The fourth-order valence-electron chi connectivity index (χ4n) is 2.32. The van der Waals surface area contributed by atoms with E-state index in [1.54, 1.807) is 18.2 Å². The number of rotatable bonds is 9. The summed E-state index contributed by atoms with van der Waals surface area (Å²) in [5.74, 6) is -0.822. The van der Waals surface area contributed by atoms with Gasteiger partial charge in [-0.15, -0.1) is 0 Å². The zero-order chi connectivity index (χ0) is 15.7. The lowest BCUT2D eigenvalue weighted by Gasteiger charge is -2.15. The number of hydrogen-bond donors (Lipinski definition) is 3. The Morgan fingerprint density at radius 3 is 2.52 bits per heavy atom. The second-order valence-corrected chi connectivity index (χ2v) is 5.15. The van der Waals surface area contributed by atoms with Crippen LogP contribution in [0.5, 0.6) is 5.75 Å². The van der Waals surface area contributed by atoms with E-state index in [1.165, 1.54) is 6.07 Å². The predicted molar refractivity (Wildman–Crippen MR) is 80.3 cm³/mol. The maximum atomic E-state index is 11.9. The van der Waals surface area contributed by atoms with Crippen LogP contribution in [-0.4, -0.2) is 28.6 Å². The van der Waals surface area contributed by atoms with Crippen molar-refractivity contribution >= 4 is 11.9 Å². The number of para-hydroxylation sites is 1. The molecule has 1 atom stereocenters. The van der Waals surface area contributed by atoms with Crippen molar-refractivity contribution < 1.29 is 19.8 Å². The SMILES string of the molecule is CCCC(CCNC(=O)c1ccccc1O)CCC(=O)O. The van der Waals surface area contributed by atoms with E-state index >= 15 is 0 Å². The number of carbonyl (C=O) groups excluding carboxylic acids is 1. The standard InChI is InChI=1S/C16H23NO4/c1-2-5-12(8-9-15(19)20)10-11-17-16(21)13-6-3-4-7-14(13)18/h3-4,6-7,12,18H,2,5,8-11H2,1H3,(H,17,21)(H,19,20). The number of phenolic OH excluding ortho intramolecular Hbond substituents is 1. The number of benzene rings is 1. The van der Waals surface area contributed by atoms with Crippen LogP contribution in [0.3, 0.4) is 0 Å². The summed E-state index contributed by atoms with van der Waals surface area (Å²) in [6.45, 7) is 2.55. The van der Waals surface area contributed by atoms with Crippen molar-refractivity contribution in [1.29, 1.82) is 0 Å². The van der Waals surface area contributed by atoms with Crippen molar-refractivity contribution in [3.8, 4) is 5.75 Å². The van der Waals surface area contributed by atoms with Gasteiger partial charge < -0.3 is 15.5 Å². The Labute approximate surface area is 125 Å². The number of amides is 1. The lowest BCUT2D eigenvalue weighted by atomic mass is 9.94. The van der Waals surface area contributed by atoms with Gasteiger partial charge in [0.15, 0.2) is 0 Å². The monoisotopic (exact) mass is 293 g/mol. The Hall–Kier alpha value is -2.04. The number of aliphatic carboxylic acids is 1. The summed E-state index contributed by atoms with van der Waals surface area (Å²) in [7, 11) is 0. The second-order valence-electron chi connectivity index (χ2n) is 5.15. The first-order valence-corrected chi connectivity index (χ1v) is 7.32. The summed E-state index contributed by atoms with van der Waals surface area (Å²) in [4.78, 5) is 22.5. The van der Waals surface area contributed by atoms with Gasteiger partial charge in [0.25, 0.3) is 5.91 Å². The number of carboxylic acids is 1. The van der Waals surface area contributed by atoms with Crippen molar-refractivity contribution in [2.45, 2.75) is 39.0 Å². The van der Waals surface area contributed by atoms with Gasteiger partial charge in [-0.3, -0.25) is 9.59 Å². The van der Waals surface area contributed by atoms with Crippen molar-refractivity contribution in [3.05, 3.63) is 29.8 Å². The molecular weight excluding hydrogens is 270 g/mol. The fourth-order valence-corrected chi connectivity index (χ4v) is 2.32. The number of aromatic hydroxyl groups is 1. The van der Waals surface area contributed by atoms with E-state index in [4.69, 9.17) is 5.11 Å². The van der Waals surface area contributed by atoms with Crippen LogP contribution in [0.2, 0.25) is 0 Å².